The van der Waals surface area contributed by atoms with Gasteiger partial charge in [-0.2, -0.15) is 0 Å². The fraction of sp³-hybridized carbons (Fsp3) is 0.417. The van der Waals surface area contributed by atoms with Gasteiger partial charge in [-0.25, -0.2) is 4.39 Å². The molecule has 4 nitrogen and oxygen atoms in total. The lowest BCUT2D eigenvalue weighted by Gasteiger charge is -2.10. The van der Waals surface area contributed by atoms with E-state index in [-0.39, 0.29) is 11.6 Å². The number of hydrogen-bond donors (Lipinski definition) is 2. The third-order valence-electron chi connectivity index (χ3n) is 2.33. The number of anilines is 1. The molecule has 0 aliphatic carbocycles. The molecule has 1 rings (SSSR count). The molecule has 0 aliphatic heterocycles. The van der Waals surface area contributed by atoms with Crippen molar-refractivity contribution in [2.75, 3.05) is 32.9 Å². The molecule has 1 amide bonds. The maximum atomic E-state index is 12.9. The van der Waals surface area contributed by atoms with Crippen LogP contribution in [0.4, 0.5) is 10.1 Å². The van der Waals surface area contributed by atoms with Gasteiger partial charge in [-0.05, 0) is 45.3 Å². The van der Waals surface area contributed by atoms with Crippen LogP contribution in [0.5, 0.6) is 0 Å². The molecule has 0 heterocycles. The van der Waals surface area contributed by atoms with Gasteiger partial charge in [0.05, 0.1) is 5.69 Å². The molecule has 0 atom stereocenters. The summed E-state index contributed by atoms with van der Waals surface area (Å²) in [5.74, 6) is -0.732. The van der Waals surface area contributed by atoms with Crippen LogP contribution in [-0.4, -0.2) is 38.0 Å². The number of carbonyl (C=O) groups excluding carboxylic acids is 1. The van der Waals surface area contributed by atoms with Gasteiger partial charge in [0.25, 0.3) is 5.91 Å². The Morgan fingerprint density at radius 3 is 2.76 bits per heavy atom. The molecule has 0 radical (unpaired) electrons. The summed E-state index contributed by atoms with van der Waals surface area (Å²) in [6.07, 6.45) is 0.870. The number of halogens is 1. The zero-order valence-electron chi connectivity index (χ0n) is 10.2. The van der Waals surface area contributed by atoms with Crippen LogP contribution in [0.15, 0.2) is 18.2 Å². The Balaban J connectivity index is 2.44. The van der Waals surface area contributed by atoms with Gasteiger partial charge < -0.3 is 16.0 Å². The van der Waals surface area contributed by atoms with Crippen molar-refractivity contribution in [3.05, 3.63) is 29.6 Å². The first-order chi connectivity index (χ1) is 8.00. The molecular formula is C12H18FN3O. The smallest absolute Gasteiger partial charge is 0.251 e. The molecule has 94 valence electrons. The van der Waals surface area contributed by atoms with Gasteiger partial charge in [0.15, 0.2) is 0 Å². The van der Waals surface area contributed by atoms with E-state index >= 15 is 0 Å². The Bertz CT molecular complexity index is 393. The SMILES string of the molecule is CN(C)CCCNC(=O)c1ccc(F)c(N)c1. The summed E-state index contributed by atoms with van der Waals surface area (Å²) in [5, 5.41) is 2.76. The third-order valence-corrected chi connectivity index (χ3v) is 2.33. The van der Waals surface area contributed by atoms with Crippen LogP contribution in [0.25, 0.3) is 0 Å². The van der Waals surface area contributed by atoms with Gasteiger partial charge in [-0.3, -0.25) is 4.79 Å². The molecule has 3 N–H and O–H groups in total. The molecule has 0 saturated carbocycles. The van der Waals surface area contributed by atoms with Crippen LogP contribution in [0, 0.1) is 5.82 Å². The topological polar surface area (TPSA) is 58.4 Å². The molecule has 17 heavy (non-hydrogen) atoms. The molecule has 0 unspecified atom stereocenters. The number of nitrogens with zero attached hydrogens (tertiary/aromatic N) is 1. The van der Waals surface area contributed by atoms with Crippen LogP contribution < -0.4 is 11.1 Å². The number of nitrogen functional groups attached to an aromatic ring is 1. The van der Waals surface area contributed by atoms with E-state index in [1.54, 1.807) is 0 Å². The highest BCUT2D eigenvalue weighted by Gasteiger charge is 2.07. The number of benzene rings is 1. The van der Waals surface area contributed by atoms with E-state index in [9.17, 15) is 9.18 Å². The monoisotopic (exact) mass is 239 g/mol. The Kier molecular flexibility index (Phi) is 4.90. The summed E-state index contributed by atoms with van der Waals surface area (Å²) in [6.45, 7) is 1.50. The number of amides is 1. The van der Waals surface area contributed by atoms with E-state index in [1.165, 1.54) is 18.2 Å². The van der Waals surface area contributed by atoms with Crippen molar-refractivity contribution in [2.24, 2.45) is 0 Å². The van der Waals surface area contributed by atoms with E-state index in [4.69, 9.17) is 5.73 Å². The van der Waals surface area contributed by atoms with Crippen LogP contribution >= 0.6 is 0 Å². The number of rotatable bonds is 5. The normalized spacial score (nSPS) is 10.6. The average molecular weight is 239 g/mol. The van der Waals surface area contributed by atoms with Crippen molar-refractivity contribution in [3.63, 3.8) is 0 Å². The van der Waals surface area contributed by atoms with Crippen molar-refractivity contribution in [3.8, 4) is 0 Å². The second-order valence-corrected chi connectivity index (χ2v) is 4.15. The maximum Gasteiger partial charge on any atom is 0.251 e. The third kappa shape index (κ3) is 4.40. The standard InChI is InChI=1S/C12H18FN3O/c1-16(2)7-3-6-15-12(17)9-4-5-10(13)11(14)8-9/h4-5,8H,3,6-7,14H2,1-2H3,(H,15,17). The first-order valence-corrected chi connectivity index (χ1v) is 5.48. The van der Waals surface area contributed by atoms with Crippen molar-refractivity contribution in [1.82, 2.24) is 10.2 Å². The molecule has 0 fully saturated rings. The second kappa shape index (κ2) is 6.20. The maximum absolute atomic E-state index is 12.9. The summed E-state index contributed by atoms with van der Waals surface area (Å²) in [7, 11) is 3.95. The van der Waals surface area contributed by atoms with Gasteiger partial charge in [-0.1, -0.05) is 0 Å². The molecule has 0 bridgehead atoms. The summed E-state index contributed by atoms with van der Waals surface area (Å²) >= 11 is 0. The second-order valence-electron chi connectivity index (χ2n) is 4.15. The lowest BCUT2D eigenvalue weighted by atomic mass is 10.2. The molecular weight excluding hydrogens is 221 g/mol. The van der Waals surface area contributed by atoms with Crippen molar-refractivity contribution in [1.29, 1.82) is 0 Å². The predicted octanol–water partition coefficient (Wildman–Crippen LogP) is 1.09. The van der Waals surface area contributed by atoms with Crippen molar-refractivity contribution >= 4 is 11.6 Å². The minimum Gasteiger partial charge on any atom is -0.396 e. The quantitative estimate of drug-likeness (QED) is 0.597. The zero-order chi connectivity index (χ0) is 12.8. The Hall–Kier alpha value is -1.62. The summed E-state index contributed by atoms with van der Waals surface area (Å²) in [5.41, 5.74) is 5.77. The molecule has 0 saturated heterocycles. The fourth-order valence-corrected chi connectivity index (χ4v) is 1.38. The molecule has 0 spiro atoms. The van der Waals surface area contributed by atoms with Gasteiger partial charge >= 0.3 is 0 Å². The van der Waals surface area contributed by atoms with E-state index in [2.05, 4.69) is 5.32 Å². The first-order valence-electron chi connectivity index (χ1n) is 5.48. The predicted molar refractivity (Wildman–Crippen MR) is 66.3 cm³/mol. The van der Waals surface area contributed by atoms with Crippen LogP contribution in [0.3, 0.4) is 0 Å². The van der Waals surface area contributed by atoms with E-state index in [0.29, 0.717) is 12.1 Å². The lowest BCUT2D eigenvalue weighted by Crippen LogP contribution is -2.27. The van der Waals surface area contributed by atoms with E-state index in [0.717, 1.165) is 13.0 Å². The molecule has 1 aromatic carbocycles. The molecule has 0 aliphatic rings. The van der Waals surface area contributed by atoms with E-state index in [1.807, 2.05) is 19.0 Å². The Labute approximate surface area is 101 Å². The summed E-state index contributed by atoms with van der Waals surface area (Å²) < 4.78 is 12.9. The number of hydrogen-bond acceptors (Lipinski definition) is 3. The number of nitrogens with one attached hydrogen (secondary N) is 1. The zero-order valence-corrected chi connectivity index (χ0v) is 10.2. The van der Waals surface area contributed by atoms with Crippen LogP contribution in [0.1, 0.15) is 16.8 Å². The molecule has 1 aromatic rings. The van der Waals surface area contributed by atoms with Crippen LogP contribution in [0.2, 0.25) is 0 Å². The average Bonchev–Trinajstić information content (AvgIpc) is 2.27. The van der Waals surface area contributed by atoms with Gasteiger partial charge in [-0.15, -0.1) is 0 Å². The minimum atomic E-state index is -0.505. The molecule has 5 heteroatoms. The Morgan fingerprint density at radius 2 is 2.18 bits per heavy atom. The molecule has 0 aromatic heterocycles. The highest BCUT2D eigenvalue weighted by molar-refractivity contribution is 5.94. The summed E-state index contributed by atoms with van der Waals surface area (Å²) in [6, 6.07) is 3.97. The van der Waals surface area contributed by atoms with Crippen LogP contribution in [-0.2, 0) is 0 Å². The van der Waals surface area contributed by atoms with E-state index < -0.39 is 5.82 Å². The largest absolute Gasteiger partial charge is 0.396 e. The van der Waals surface area contributed by atoms with Gasteiger partial charge in [0, 0.05) is 12.1 Å². The number of nitrogens with two attached hydrogens (primary N) is 1. The highest BCUT2D eigenvalue weighted by atomic mass is 19.1. The minimum absolute atomic E-state index is 0.00839. The fourth-order valence-electron chi connectivity index (χ4n) is 1.38. The van der Waals surface area contributed by atoms with Crippen molar-refractivity contribution < 1.29 is 9.18 Å². The highest BCUT2D eigenvalue weighted by Crippen LogP contribution is 2.11. The summed E-state index contributed by atoms with van der Waals surface area (Å²) in [4.78, 5) is 13.7. The Morgan fingerprint density at radius 1 is 1.47 bits per heavy atom. The van der Waals surface area contributed by atoms with Gasteiger partial charge in [0.2, 0.25) is 0 Å². The first kappa shape index (κ1) is 13.4. The number of carbonyl (C=O) groups is 1. The van der Waals surface area contributed by atoms with Crippen molar-refractivity contribution in [2.45, 2.75) is 6.42 Å². The lowest BCUT2D eigenvalue weighted by molar-refractivity contribution is 0.0952. The van der Waals surface area contributed by atoms with Gasteiger partial charge in [0.1, 0.15) is 5.82 Å².